The average Bonchev–Trinajstić information content (AvgIpc) is 2.93. The van der Waals surface area contributed by atoms with Crippen LogP contribution in [0.1, 0.15) is 5.56 Å². The van der Waals surface area contributed by atoms with E-state index in [-0.39, 0.29) is 5.04 Å². The molecule has 23 heavy (non-hydrogen) atoms. The van der Waals surface area contributed by atoms with E-state index >= 15 is 0 Å². The standard InChI is InChI=1S/C14H15N3O4S2/c1-7-4-3-5-8(6-7)16-11(19)10(18)9(13(20)21-2)12-17-14(15)23-22-12/h3-6,9,14H,15H2,1-2H3,(H,16,19). The van der Waals surface area contributed by atoms with Gasteiger partial charge in [0.1, 0.15) is 5.04 Å². The van der Waals surface area contributed by atoms with Gasteiger partial charge in [-0.15, -0.1) is 0 Å². The minimum Gasteiger partial charge on any atom is -0.468 e. The number of nitrogens with two attached hydrogens (primary N) is 1. The van der Waals surface area contributed by atoms with E-state index < -0.39 is 29.1 Å². The summed E-state index contributed by atoms with van der Waals surface area (Å²) in [7, 11) is 3.44. The largest absolute Gasteiger partial charge is 0.468 e. The molecule has 1 amide bonds. The molecule has 9 heteroatoms. The van der Waals surface area contributed by atoms with Crippen LogP contribution in [0.5, 0.6) is 0 Å². The van der Waals surface area contributed by atoms with Gasteiger partial charge in [0.25, 0.3) is 5.91 Å². The Hall–Kier alpha value is -1.84. The zero-order chi connectivity index (χ0) is 17.0. The number of Topliss-reactive ketones (excluding diaryl/α,β-unsaturated/α-hetero) is 1. The first-order valence-corrected chi connectivity index (χ1v) is 8.80. The second-order valence-electron chi connectivity index (χ2n) is 4.68. The van der Waals surface area contributed by atoms with Crippen molar-refractivity contribution < 1.29 is 19.1 Å². The van der Waals surface area contributed by atoms with Crippen LogP contribution in [-0.2, 0) is 19.1 Å². The molecule has 122 valence electrons. The van der Waals surface area contributed by atoms with Crippen molar-refractivity contribution in [2.24, 2.45) is 16.6 Å². The maximum atomic E-state index is 12.4. The Labute approximate surface area is 140 Å². The Morgan fingerprint density at radius 1 is 1.39 bits per heavy atom. The average molecular weight is 353 g/mol. The van der Waals surface area contributed by atoms with Crippen molar-refractivity contribution >= 4 is 50.0 Å². The summed E-state index contributed by atoms with van der Waals surface area (Å²) in [6.07, 6.45) is 0. The molecular formula is C14H15N3O4S2. The van der Waals surface area contributed by atoms with Crippen molar-refractivity contribution in [3.8, 4) is 0 Å². The highest BCUT2D eigenvalue weighted by Crippen LogP contribution is 2.37. The maximum absolute atomic E-state index is 12.4. The van der Waals surface area contributed by atoms with E-state index in [2.05, 4.69) is 15.0 Å². The number of esters is 1. The normalized spacial score (nSPS) is 18.0. The van der Waals surface area contributed by atoms with E-state index in [4.69, 9.17) is 5.73 Å². The van der Waals surface area contributed by atoms with Gasteiger partial charge in [0, 0.05) is 5.69 Å². The molecule has 3 N–H and O–H groups in total. The Morgan fingerprint density at radius 3 is 2.70 bits per heavy atom. The van der Waals surface area contributed by atoms with Crippen LogP contribution in [0.4, 0.5) is 5.69 Å². The summed E-state index contributed by atoms with van der Waals surface area (Å²) in [4.78, 5) is 40.4. The van der Waals surface area contributed by atoms with Gasteiger partial charge in [0.05, 0.1) is 7.11 Å². The maximum Gasteiger partial charge on any atom is 0.323 e. The molecule has 1 heterocycles. The molecule has 2 unspecified atom stereocenters. The number of anilines is 1. The first-order valence-electron chi connectivity index (χ1n) is 6.58. The van der Waals surface area contributed by atoms with Gasteiger partial charge in [-0.3, -0.25) is 19.4 Å². The number of hydrogen-bond acceptors (Lipinski definition) is 8. The Morgan fingerprint density at radius 2 is 2.13 bits per heavy atom. The van der Waals surface area contributed by atoms with Crippen LogP contribution in [0.2, 0.25) is 0 Å². The Bertz CT molecular complexity index is 678. The fraction of sp³-hybridized carbons (Fsp3) is 0.286. The van der Waals surface area contributed by atoms with Gasteiger partial charge >= 0.3 is 5.97 Å². The van der Waals surface area contributed by atoms with Crippen molar-refractivity contribution in [1.29, 1.82) is 0 Å². The number of aliphatic imine (C=N–C) groups is 1. The minimum atomic E-state index is -1.39. The molecule has 1 aliphatic heterocycles. The number of rotatable bonds is 5. The number of amides is 1. The van der Waals surface area contributed by atoms with Crippen LogP contribution in [-0.4, -0.2) is 35.3 Å². The van der Waals surface area contributed by atoms with E-state index in [1.807, 2.05) is 13.0 Å². The molecule has 7 nitrogen and oxygen atoms in total. The summed E-state index contributed by atoms with van der Waals surface area (Å²) >= 11 is 0. The lowest BCUT2D eigenvalue weighted by Crippen LogP contribution is -2.38. The Kier molecular flexibility index (Phi) is 5.80. The summed E-state index contributed by atoms with van der Waals surface area (Å²) in [6.45, 7) is 1.86. The molecule has 1 aromatic rings. The van der Waals surface area contributed by atoms with Crippen molar-refractivity contribution in [2.75, 3.05) is 12.4 Å². The van der Waals surface area contributed by atoms with E-state index in [1.54, 1.807) is 18.2 Å². The zero-order valence-corrected chi connectivity index (χ0v) is 14.1. The molecule has 0 saturated carbocycles. The van der Waals surface area contributed by atoms with Crippen molar-refractivity contribution in [1.82, 2.24) is 0 Å². The summed E-state index contributed by atoms with van der Waals surface area (Å²) in [5.74, 6) is -4.06. The van der Waals surface area contributed by atoms with Gasteiger partial charge in [-0.2, -0.15) is 0 Å². The highest BCUT2D eigenvalue weighted by atomic mass is 33.1. The second-order valence-corrected chi connectivity index (χ2v) is 7.02. The van der Waals surface area contributed by atoms with E-state index in [1.165, 1.54) is 10.8 Å². The topological polar surface area (TPSA) is 111 Å². The smallest absolute Gasteiger partial charge is 0.323 e. The molecule has 0 bridgehead atoms. The zero-order valence-electron chi connectivity index (χ0n) is 12.4. The van der Waals surface area contributed by atoms with Gasteiger partial charge in [-0.25, -0.2) is 0 Å². The lowest BCUT2D eigenvalue weighted by molar-refractivity contribution is -0.149. The van der Waals surface area contributed by atoms with Crippen LogP contribution in [0.25, 0.3) is 0 Å². The first-order chi connectivity index (χ1) is 10.9. The number of carbonyl (C=O) groups is 3. The number of ketones is 1. The third-order valence-electron chi connectivity index (χ3n) is 2.93. The molecule has 0 aromatic heterocycles. The van der Waals surface area contributed by atoms with E-state index in [9.17, 15) is 14.4 Å². The number of nitrogens with one attached hydrogen (secondary N) is 1. The van der Waals surface area contributed by atoms with Gasteiger partial charge in [-0.1, -0.05) is 12.1 Å². The van der Waals surface area contributed by atoms with Crippen molar-refractivity contribution in [2.45, 2.75) is 12.4 Å². The molecule has 1 aliphatic rings. The van der Waals surface area contributed by atoms with Crippen molar-refractivity contribution in [3.63, 3.8) is 0 Å². The summed E-state index contributed by atoms with van der Waals surface area (Å²) in [6, 6.07) is 6.97. The van der Waals surface area contributed by atoms with Crippen LogP contribution in [0, 0.1) is 12.8 Å². The van der Waals surface area contributed by atoms with Crippen LogP contribution >= 0.6 is 21.6 Å². The SMILES string of the molecule is COC(=O)C(C(=O)C(=O)Nc1cccc(C)c1)C1=NC(N)SS1. The van der Waals surface area contributed by atoms with Crippen LogP contribution in [0.3, 0.4) is 0 Å². The van der Waals surface area contributed by atoms with Gasteiger partial charge in [0.2, 0.25) is 5.78 Å². The predicted octanol–water partition coefficient (Wildman–Crippen LogP) is 1.33. The lowest BCUT2D eigenvalue weighted by atomic mass is 10.0. The van der Waals surface area contributed by atoms with Gasteiger partial charge in [0.15, 0.2) is 11.4 Å². The molecule has 1 aromatic carbocycles. The number of benzene rings is 1. The molecule has 0 fully saturated rings. The Balaban J connectivity index is 2.18. The first kappa shape index (κ1) is 17.5. The number of ether oxygens (including phenoxy) is 1. The summed E-state index contributed by atoms with van der Waals surface area (Å²) < 4.78 is 4.62. The van der Waals surface area contributed by atoms with Crippen LogP contribution in [0.15, 0.2) is 29.3 Å². The number of nitrogens with zero attached hydrogens (tertiary/aromatic N) is 1. The third kappa shape index (κ3) is 4.34. The summed E-state index contributed by atoms with van der Waals surface area (Å²) in [5, 5.41) is 2.66. The van der Waals surface area contributed by atoms with Crippen LogP contribution < -0.4 is 11.1 Å². The molecule has 0 aliphatic carbocycles. The quantitative estimate of drug-likeness (QED) is 0.355. The van der Waals surface area contributed by atoms with Gasteiger partial charge in [-0.05, 0) is 46.2 Å². The monoisotopic (exact) mass is 353 g/mol. The van der Waals surface area contributed by atoms with E-state index in [0.717, 1.165) is 23.5 Å². The third-order valence-corrected chi connectivity index (χ3v) is 5.24. The number of methoxy groups -OCH3 is 1. The molecule has 0 saturated heterocycles. The van der Waals surface area contributed by atoms with E-state index in [0.29, 0.717) is 5.69 Å². The fourth-order valence-electron chi connectivity index (χ4n) is 1.87. The number of hydrogen-bond donors (Lipinski definition) is 2. The molecule has 2 rings (SSSR count). The summed E-state index contributed by atoms with van der Waals surface area (Å²) in [5.41, 5.74) is 6.44. The number of carbonyl (C=O) groups excluding carboxylic acids is 3. The molecule has 0 radical (unpaired) electrons. The van der Waals surface area contributed by atoms with Crippen molar-refractivity contribution in [3.05, 3.63) is 29.8 Å². The number of aryl methyl sites for hydroxylation is 1. The molecular weight excluding hydrogens is 338 g/mol. The molecule has 2 atom stereocenters. The minimum absolute atomic E-state index is 0.179. The lowest BCUT2D eigenvalue weighted by Gasteiger charge is -2.12. The highest BCUT2D eigenvalue weighted by molar-refractivity contribution is 8.83. The molecule has 0 spiro atoms. The fourth-order valence-corrected chi connectivity index (χ4v) is 3.89. The highest BCUT2D eigenvalue weighted by Gasteiger charge is 2.39. The second kappa shape index (κ2) is 7.62. The predicted molar refractivity (Wildman–Crippen MR) is 90.9 cm³/mol. The van der Waals surface area contributed by atoms with Gasteiger partial charge < -0.3 is 15.8 Å².